The second-order valence-electron chi connectivity index (χ2n) is 14.2. The summed E-state index contributed by atoms with van der Waals surface area (Å²) in [7, 11) is 19.0. The summed E-state index contributed by atoms with van der Waals surface area (Å²) < 4.78 is 0. The summed E-state index contributed by atoms with van der Waals surface area (Å²) in [5.41, 5.74) is 0. The van der Waals surface area contributed by atoms with Gasteiger partial charge < -0.3 is 50.5 Å². The lowest BCUT2D eigenvalue weighted by Gasteiger charge is -2.22. The van der Waals surface area contributed by atoms with Crippen LogP contribution in [0.3, 0.4) is 0 Å². The van der Waals surface area contributed by atoms with E-state index in [1.807, 2.05) is 83.3 Å². The molecule has 5 atom stereocenters. The van der Waals surface area contributed by atoms with Crippen LogP contribution in [-0.4, -0.2) is 199 Å². The number of aliphatic hydroxyl groups is 1. The van der Waals surface area contributed by atoms with E-state index in [9.17, 15) is 4.79 Å². The molecule has 0 spiro atoms. The highest BCUT2D eigenvalue weighted by atomic mass is 16.3. The van der Waals surface area contributed by atoms with E-state index in [1.165, 1.54) is 90.5 Å². The minimum Gasteiger partial charge on any atom is -0.412 e. The number of carbonyl (C=O) groups is 1. The molecule has 5 saturated heterocycles. The molecule has 5 aliphatic rings. The fourth-order valence-corrected chi connectivity index (χ4v) is 6.78. The van der Waals surface area contributed by atoms with Crippen LogP contribution >= 0.6 is 0 Å². The van der Waals surface area contributed by atoms with E-state index in [4.69, 9.17) is 5.11 Å². The molecule has 0 radical (unpaired) electrons. The Morgan fingerprint density at radius 1 is 0.607 bits per heavy atom. The quantitative estimate of drug-likeness (QED) is 0.234. The molecule has 0 aliphatic carbocycles. The predicted molar refractivity (Wildman–Crippen MR) is 255 cm³/mol. The molecule has 0 aromatic heterocycles. The third kappa shape index (κ3) is 38.8. The first-order valence-corrected chi connectivity index (χ1v) is 22.6. The van der Waals surface area contributed by atoms with E-state index in [-0.39, 0.29) is 18.9 Å². The maximum atomic E-state index is 10.2. The number of hydrogen-bond acceptors (Lipinski definition) is 10. The topological polar surface area (TPSA) is 112 Å². The van der Waals surface area contributed by atoms with Crippen LogP contribution in [0.5, 0.6) is 0 Å². The van der Waals surface area contributed by atoms with Crippen LogP contribution in [0, 0.1) is 0 Å². The van der Waals surface area contributed by atoms with Crippen molar-refractivity contribution in [2.24, 2.45) is 0 Å². The second kappa shape index (κ2) is 52.3. The molecule has 5 aliphatic heterocycles. The van der Waals surface area contributed by atoms with Gasteiger partial charge in [-0.2, -0.15) is 0 Å². The summed E-state index contributed by atoms with van der Waals surface area (Å²) >= 11 is 0. The predicted octanol–water partition coefficient (Wildman–Crippen LogP) is 6.54. The first-order chi connectivity index (χ1) is 26.0. The summed E-state index contributed by atoms with van der Waals surface area (Å²) in [6.07, 6.45) is 13.9. The number of carbonyl (C=O) groups excluding carboxylic acids is 1. The minimum absolute atomic E-state index is 0. The molecule has 0 bridgehead atoms. The summed E-state index contributed by atoms with van der Waals surface area (Å²) in [4.78, 5) is 23.9. The number of rotatable bonds is 8. The van der Waals surface area contributed by atoms with Crippen molar-refractivity contribution in [2.75, 3.05) is 122 Å². The normalized spacial score (nSPS) is 23.6. The first kappa shape index (κ1) is 69.9. The molecular formula is C45H110N8O3. The van der Waals surface area contributed by atoms with Crippen molar-refractivity contribution in [2.45, 2.75) is 171 Å². The van der Waals surface area contributed by atoms with Gasteiger partial charge in [-0.1, -0.05) is 76.7 Å². The van der Waals surface area contributed by atoms with Crippen LogP contribution in [0.1, 0.15) is 141 Å². The van der Waals surface area contributed by atoms with Crippen LogP contribution in [0.25, 0.3) is 0 Å². The van der Waals surface area contributed by atoms with Gasteiger partial charge in [0.05, 0.1) is 12.6 Å². The van der Waals surface area contributed by atoms with E-state index in [1.54, 1.807) is 0 Å². The van der Waals surface area contributed by atoms with Crippen LogP contribution < -0.4 is 10.6 Å². The molecular weight excluding hydrogens is 701 g/mol. The van der Waals surface area contributed by atoms with Gasteiger partial charge in [0.25, 0.3) is 0 Å². The van der Waals surface area contributed by atoms with E-state index in [0.717, 1.165) is 50.5 Å². The molecule has 5 rings (SSSR count). The lowest BCUT2D eigenvalue weighted by molar-refractivity contribution is -0.111. The Morgan fingerprint density at radius 2 is 1.00 bits per heavy atom. The molecule has 5 fully saturated rings. The number of hydrogen-bond donors (Lipinski definition) is 3. The van der Waals surface area contributed by atoms with Gasteiger partial charge in [0, 0.05) is 43.8 Å². The number of likely N-dealkylation sites (tertiary alicyclic amines) is 4. The first-order valence-electron chi connectivity index (χ1n) is 22.6. The maximum absolute atomic E-state index is 10.2. The summed E-state index contributed by atoms with van der Waals surface area (Å²) in [5, 5.41) is 15.3. The standard InChI is InChI=1S/C8H18N2.2C7H16N2.C6H13NO.C6H11NO.5C2H6.CH4.H2O/c1-9(2)7-8-5-4-6-10(8)3;1-9(2)6-7-4-3-5-8-7;1-8-6-7-4-3-5-9(7)2;2*1-7-4-2-3-6(7)5-8;5*1-2;;/h8H,4-7H2,1-3H3;2*7-8H,3-6H2,1-2H3;6,8H,2-5H2,1H3;5-6H,2-4H2,1H3;5*1-2H3;1H4;1H2. The van der Waals surface area contributed by atoms with Gasteiger partial charge in [-0.3, -0.25) is 4.90 Å². The monoisotopic (exact) mass is 811 g/mol. The Morgan fingerprint density at radius 3 is 1.25 bits per heavy atom. The van der Waals surface area contributed by atoms with E-state index < -0.39 is 0 Å². The van der Waals surface area contributed by atoms with Gasteiger partial charge in [0.2, 0.25) is 0 Å². The van der Waals surface area contributed by atoms with Gasteiger partial charge in [0.15, 0.2) is 0 Å². The van der Waals surface area contributed by atoms with Gasteiger partial charge in [-0.05, 0) is 160 Å². The zero-order valence-electron chi connectivity index (χ0n) is 40.9. The summed E-state index contributed by atoms with van der Waals surface area (Å²) in [6, 6.07) is 3.05. The number of aliphatic hydroxyl groups excluding tert-OH is 1. The molecule has 5 heterocycles. The Bertz CT molecular complexity index is 702. The SMILES string of the molecule is C.CC.CC.CC.CC.CC.CN(C)CC1CCCN1.CN(C)CC1CCCN1C.CN1CCCC1C=O.CN1CCCC1CO.CNCC1CCCN1C.O. The van der Waals surface area contributed by atoms with Crippen LogP contribution in [0.4, 0.5) is 0 Å². The number of likely N-dealkylation sites (N-methyl/N-ethyl adjacent to an activating group) is 7. The van der Waals surface area contributed by atoms with Gasteiger partial charge in [-0.25, -0.2) is 0 Å². The summed E-state index contributed by atoms with van der Waals surface area (Å²) in [6.45, 7) is 29.9. The Labute approximate surface area is 354 Å². The highest BCUT2D eigenvalue weighted by molar-refractivity contribution is 5.57. The van der Waals surface area contributed by atoms with Crippen molar-refractivity contribution >= 4 is 6.29 Å². The fourth-order valence-electron chi connectivity index (χ4n) is 6.78. The van der Waals surface area contributed by atoms with E-state index in [0.29, 0.717) is 12.6 Å². The molecule has 0 amide bonds. The third-order valence-electron chi connectivity index (χ3n) is 9.72. The highest BCUT2D eigenvalue weighted by Gasteiger charge is 2.21. The smallest absolute Gasteiger partial charge is 0.137 e. The average Bonchev–Trinajstić information content (AvgIpc) is 4.06. The summed E-state index contributed by atoms with van der Waals surface area (Å²) in [5.74, 6) is 0. The largest absolute Gasteiger partial charge is 0.412 e. The Balaban J connectivity index is -0.000000101. The molecule has 5 N–H and O–H groups in total. The van der Waals surface area contributed by atoms with Crippen molar-refractivity contribution in [1.82, 2.24) is 40.0 Å². The van der Waals surface area contributed by atoms with Crippen molar-refractivity contribution in [3.8, 4) is 0 Å². The van der Waals surface area contributed by atoms with Gasteiger partial charge in [-0.15, -0.1) is 0 Å². The maximum Gasteiger partial charge on any atom is 0.137 e. The molecule has 0 saturated carbocycles. The highest BCUT2D eigenvalue weighted by Crippen LogP contribution is 2.15. The van der Waals surface area contributed by atoms with Gasteiger partial charge >= 0.3 is 0 Å². The number of nitrogens with zero attached hydrogens (tertiary/aromatic N) is 6. The molecule has 348 valence electrons. The average molecular weight is 811 g/mol. The molecule has 56 heavy (non-hydrogen) atoms. The molecule has 11 heteroatoms. The van der Waals surface area contributed by atoms with Crippen molar-refractivity contribution in [1.29, 1.82) is 0 Å². The van der Waals surface area contributed by atoms with E-state index >= 15 is 0 Å². The zero-order chi connectivity index (χ0) is 42.9. The van der Waals surface area contributed by atoms with E-state index in [2.05, 4.69) is 89.4 Å². The number of nitrogens with one attached hydrogen (secondary N) is 2. The molecule has 0 aromatic rings. The van der Waals surface area contributed by atoms with Crippen molar-refractivity contribution in [3.63, 3.8) is 0 Å². The van der Waals surface area contributed by atoms with Crippen molar-refractivity contribution in [3.05, 3.63) is 0 Å². The van der Waals surface area contributed by atoms with Crippen LogP contribution in [0.15, 0.2) is 0 Å². The Hall–Kier alpha value is -0.730. The number of aldehydes is 1. The zero-order valence-corrected chi connectivity index (χ0v) is 40.9. The molecule has 0 aromatic carbocycles. The molecule has 11 nitrogen and oxygen atoms in total. The third-order valence-corrected chi connectivity index (χ3v) is 9.72. The van der Waals surface area contributed by atoms with Crippen LogP contribution in [-0.2, 0) is 4.79 Å². The lowest BCUT2D eigenvalue weighted by Crippen LogP contribution is -2.34. The molecule has 5 unspecified atom stereocenters. The van der Waals surface area contributed by atoms with Gasteiger partial charge in [0.1, 0.15) is 6.29 Å². The van der Waals surface area contributed by atoms with Crippen LogP contribution in [0.2, 0.25) is 0 Å². The second-order valence-corrected chi connectivity index (χ2v) is 14.2. The Kier molecular flexibility index (Phi) is 65.2. The minimum atomic E-state index is 0. The van der Waals surface area contributed by atoms with Crippen molar-refractivity contribution < 1.29 is 15.4 Å². The lowest BCUT2D eigenvalue weighted by atomic mass is 10.2. The fraction of sp³-hybridized carbons (Fsp3) is 0.978.